The number of fused-ring (bicyclic) bond motifs is 1. The van der Waals surface area contributed by atoms with Crippen molar-refractivity contribution < 1.29 is 19.4 Å². The molecular weight excluding hydrogens is 308 g/mol. The number of ether oxygens (including phenoxy) is 2. The molecule has 2 N–H and O–H groups in total. The molecule has 0 fully saturated rings. The van der Waals surface area contributed by atoms with Crippen LogP contribution in [0, 0.1) is 11.3 Å². The van der Waals surface area contributed by atoms with E-state index < -0.39 is 5.91 Å². The smallest absolute Gasteiger partial charge is 0.266 e. The monoisotopic (exact) mass is 322 g/mol. The van der Waals surface area contributed by atoms with Crippen molar-refractivity contribution >= 4 is 17.7 Å². The molecule has 1 aliphatic rings. The van der Waals surface area contributed by atoms with Crippen molar-refractivity contribution in [3.05, 3.63) is 53.6 Å². The van der Waals surface area contributed by atoms with Gasteiger partial charge >= 0.3 is 0 Å². The molecule has 0 saturated carbocycles. The Kier molecular flexibility index (Phi) is 4.34. The largest absolute Gasteiger partial charge is 0.508 e. The normalized spacial score (nSPS) is 13.0. The predicted octanol–water partition coefficient (Wildman–Crippen LogP) is 2.71. The molecule has 2 aromatic carbocycles. The third-order valence-electron chi connectivity index (χ3n) is 3.37. The summed E-state index contributed by atoms with van der Waals surface area (Å²) in [6.07, 6.45) is 1.45. The van der Waals surface area contributed by atoms with E-state index in [1.165, 1.54) is 18.2 Å². The molecular formula is C18H14N2O4. The zero-order valence-corrected chi connectivity index (χ0v) is 12.7. The first-order valence-electron chi connectivity index (χ1n) is 7.27. The van der Waals surface area contributed by atoms with Gasteiger partial charge in [-0.1, -0.05) is 12.1 Å². The number of phenols is 1. The van der Waals surface area contributed by atoms with E-state index in [9.17, 15) is 15.2 Å². The standard InChI is InChI=1S/C18H14N2O4/c19-11-13(9-12-1-4-15(21)5-2-12)18(22)20-14-3-6-16-17(10-14)24-8-7-23-16/h1-6,9-10,21H,7-8H2,(H,20,22)/b13-9-. The van der Waals surface area contributed by atoms with Crippen LogP contribution in [0.15, 0.2) is 48.0 Å². The van der Waals surface area contributed by atoms with Crippen molar-refractivity contribution in [2.45, 2.75) is 0 Å². The molecule has 0 radical (unpaired) electrons. The van der Waals surface area contributed by atoms with Gasteiger partial charge in [0, 0.05) is 11.8 Å². The van der Waals surface area contributed by atoms with Crippen molar-refractivity contribution in [2.75, 3.05) is 18.5 Å². The third-order valence-corrected chi connectivity index (χ3v) is 3.37. The highest BCUT2D eigenvalue weighted by Gasteiger charge is 2.14. The van der Waals surface area contributed by atoms with E-state index >= 15 is 0 Å². The number of nitrogens with one attached hydrogen (secondary N) is 1. The summed E-state index contributed by atoms with van der Waals surface area (Å²) in [5.41, 5.74) is 1.10. The Balaban J connectivity index is 1.77. The molecule has 6 heteroatoms. The molecule has 1 amide bonds. The maximum Gasteiger partial charge on any atom is 0.266 e. The molecule has 0 saturated heterocycles. The van der Waals surface area contributed by atoms with Crippen LogP contribution in [0.25, 0.3) is 6.08 Å². The molecule has 6 nitrogen and oxygen atoms in total. The number of benzene rings is 2. The number of anilines is 1. The van der Waals surface area contributed by atoms with Crippen LogP contribution in [0.3, 0.4) is 0 Å². The lowest BCUT2D eigenvalue weighted by molar-refractivity contribution is -0.112. The van der Waals surface area contributed by atoms with Gasteiger partial charge < -0.3 is 19.9 Å². The van der Waals surface area contributed by atoms with Crippen LogP contribution in [0.4, 0.5) is 5.69 Å². The van der Waals surface area contributed by atoms with Gasteiger partial charge in [0.05, 0.1) is 0 Å². The van der Waals surface area contributed by atoms with Crippen LogP contribution in [-0.2, 0) is 4.79 Å². The number of carbonyl (C=O) groups excluding carboxylic acids is 1. The van der Waals surface area contributed by atoms with Gasteiger partial charge in [0.1, 0.15) is 30.6 Å². The van der Waals surface area contributed by atoms with Crippen LogP contribution < -0.4 is 14.8 Å². The molecule has 3 rings (SSSR count). The first kappa shape index (κ1) is 15.4. The lowest BCUT2D eigenvalue weighted by Crippen LogP contribution is -2.17. The first-order valence-corrected chi connectivity index (χ1v) is 7.27. The van der Waals surface area contributed by atoms with E-state index in [1.807, 2.05) is 6.07 Å². The highest BCUT2D eigenvalue weighted by Crippen LogP contribution is 2.32. The summed E-state index contributed by atoms with van der Waals surface area (Å²) in [5.74, 6) is 0.771. The Labute approximate surface area is 138 Å². The molecule has 24 heavy (non-hydrogen) atoms. The van der Waals surface area contributed by atoms with Gasteiger partial charge in [0.25, 0.3) is 5.91 Å². The second-order valence-electron chi connectivity index (χ2n) is 5.07. The minimum Gasteiger partial charge on any atom is -0.508 e. The average Bonchev–Trinajstić information content (AvgIpc) is 2.61. The van der Waals surface area contributed by atoms with Gasteiger partial charge in [0.2, 0.25) is 0 Å². The van der Waals surface area contributed by atoms with Gasteiger partial charge in [0.15, 0.2) is 11.5 Å². The zero-order chi connectivity index (χ0) is 16.9. The van der Waals surface area contributed by atoms with Crippen molar-refractivity contribution in [1.29, 1.82) is 5.26 Å². The van der Waals surface area contributed by atoms with Crippen LogP contribution >= 0.6 is 0 Å². The number of nitrogens with zero attached hydrogens (tertiary/aromatic N) is 1. The Bertz CT molecular complexity index is 835. The fraction of sp³-hybridized carbons (Fsp3) is 0.111. The van der Waals surface area contributed by atoms with E-state index in [2.05, 4.69) is 5.32 Å². The van der Waals surface area contributed by atoms with Gasteiger partial charge in [-0.05, 0) is 35.9 Å². The zero-order valence-electron chi connectivity index (χ0n) is 12.7. The van der Waals surface area contributed by atoms with Crippen molar-refractivity contribution in [2.24, 2.45) is 0 Å². The van der Waals surface area contributed by atoms with Crippen molar-refractivity contribution in [3.8, 4) is 23.3 Å². The number of hydrogen-bond donors (Lipinski definition) is 2. The van der Waals surface area contributed by atoms with Gasteiger partial charge in [-0.25, -0.2) is 0 Å². The summed E-state index contributed by atoms with van der Waals surface area (Å²) >= 11 is 0. The van der Waals surface area contributed by atoms with Crippen LogP contribution in [0.2, 0.25) is 0 Å². The summed E-state index contributed by atoms with van der Waals surface area (Å²) in [6.45, 7) is 0.946. The summed E-state index contributed by atoms with van der Waals surface area (Å²) in [4.78, 5) is 12.3. The topological polar surface area (TPSA) is 91.6 Å². The molecule has 0 atom stereocenters. The summed E-state index contributed by atoms with van der Waals surface area (Å²) in [7, 11) is 0. The lowest BCUT2D eigenvalue weighted by Gasteiger charge is -2.18. The Morgan fingerprint density at radius 1 is 1.12 bits per heavy atom. The van der Waals surface area contributed by atoms with E-state index in [0.717, 1.165) is 0 Å². The molecule has 0 unspecified atom stereocenters. The summed E-state index contributed by atoms with van der Waals surface area (Å²) < 4.78 is 10.9. The SMILES string of the molecule is N#C/C(=C/c1ccc(O)cc1)C(=O)Nc1ccc2c(c1)OCCO2. The molecule has 0 aromatic heterocycles. The number of carbonyl (C=O) groups is 1. The lowest BCUT2D eigenvalue weighted by atomic mass is 10.1. The molecule has 1 heterocycles. The second kappa shape index (κ2) is 6.75. The highest BCUT2D eigenvalue weighted by atomic mass is 16.6. The van der Waals surface area contributed by atoms with Gasteiger partial charge in [-0.15, -0.1) is 0 Å². The Morgan fingerprint density at radius 3 is 2.54 bits per heavy atom. The fourth-order valence-corrected chi connectivity index (χ4v) is 2.21. The van der Waals surface area contributed by atoms with E-state index in [0.29, 0.717) is 36.0 Å². The highest BCUT2D eigenvalue weighted by molar-refractivity contribution is 6.09. The maximum atomic E-state index is 12.3. The number of hydrogen-bond acceptors (Lipinski definition) is 5. The van der Waals surface area contributed by atoms with Crippen LogP contribution in [0.5, 0.6) is 17.2 Å². The molecule has 0 spiro atoms. The van der Waals surface area contributed by atoms with Crippen molar-refractivity contribution in [3.63, 3.8) is 0 Å². The van der Waals surface area contributed by atoms with Crippen LogP contribution in [0.1, 0.15) is 5.56 Å². The summed E-state index contributed by atoms with van der Waals surface area (Å²) in [6, 6.07) is 13.1. The molecule has 1 aliphatic heterocycles. The maximum absolute atomic E-state index is 12.3. The number of rotatable bonds is 3. The number of aromatic hydroxyl groups is 1. The van der Waals surface area contributed by atoms with Crippen LogP contribution in [-0.4, -0.2) is 24.2 Å². The average molecular weight is 322 g/mol. The molecule has 0 aliphatic carbocycles. The van der Waals surface area contributed by atoms with E-state index in [1.54, 1.807) is 30.3 Å². The minimum absolute atomic E-state index is 0.0458. The van der Waals surface area contributed by atoms with Gasteiger partial charge in [-0.3, -0.25) is 4.79 Å². The van der Waals surface area contributed by atoms with E-state index in [4.69, 9.17) is 9.47 Å². The fourth-order valence-electron chi connectivity index (χ4n) is 2.21. The molecule has 0 bridgehead atoms. The Hall–Kier alpha value is -3.46. The predicted molar refractivity (Wildman–Crippen MR) is 87.8 cm³/mol. The number of phenolic OH excluding ortho intramolecular Hbond substituents is 1. The summed E-state index contributed by atoms with van der Waals surface area (Å²) in [5, 5.41) is 21.1. The minimum atomic E-state index is -0.526. The van der Waals surface area contributed by atoms with Gasteiger partial charge in [-0.2, -0.15) is 5.26 Å². The molecule has 120 valence electrons. The second-order valence-corrected chi connectivity index (χ2v) is 5.07. The number of amides is 1. The van der Waals surface area contributed by atoms with Crippen molar-refractivity contribution in [1.82, 2.24) is 0 Å². The quantitative estimate of drug-likeness (QED) is 0.669. The Morgan fingerprint density at radius 2 is 1.83 bits per heavy atom. The third kappa shape index (κ3) is 3.47. The molecule has 2 aromatic rings. The number of nitriles is 1. The van der Waals surface area contributed by atoms with E-state index in [-0.39, 0.29) is 11.3 Å². The first-order chi connectivity index (χ1) is 11.7.